The van der Waals surface area contributed by atoms with E-state index in [0.29, 0.717) is 12.4 Å². The van der Waals surface area contributed by atoms with Crippen molar-refractivity contribution in [3.8, 4) is 0 Å². The van der Waals surface area contributed by atoms with Crippen LogP contribution in [0.15, 0.2) is 41.7 Å². The summed E-state index contributed by atoms with van der Waals surface area (Å²) in [7, 11) is 1.83. The molecule has 0 amide bonds. The summed E-state index contributed by atoms with van der Waals surface area (Å²) in [4.78, 5) is 9.59. The molecule has 1 aromatic carbocycles. The molecule has 6 nitrogen and oxygen atoms in total. The third-order valence-electron chi connectivity index (χ3n) is 3.49. The van der Waals surface area contributed by atoms with E-state index >= 15 is 0 Å². The quantitative estimate of drug-likeness (QED) is 0.703. The van der Waals surface area contributed by atoms with Crippen molar-refractivity contribution >= 4 is 28.6 Å². The minimum atomic E-state index is -0.599. The lowest BCUT2D eigenvalue weighted by molar-refractivity contribution is 0.191. The van der Waals surface area contributed by atoms with Crippen LogP contribution in [-0.4, -0.2) is 37.7 Å². The van der Waals surface area contributed by atoms with Crippen molar-refractivity contribution in [3.05, 3.63) is 42.4 Å². The molecule has 1 unspecified atom stereocenters. The van der Waals surface area contributed by atoms with Gasteiger partial charge in [0.05, 0.1) is 17.7 Å². The number of fused-ring (bicyclic) bond motifs is 1. The molecule has 0 bridgehead atoms. The minimum Gasteiger partial charge on any atom is -0.387 e. The van der Waals surface area contributed by atoms with E-state index < -0.39 is 6.10 Å². The predicted octanol–water partition coefficient (Wildman–Crippen LogP) is 2.23. The third-order valence-corrected chi connectivity index (χ3v) is 4.24. The van der Waals surface area contributed by atoms with Gasteiger partial charge in [-0.2, -0.15) is 5.10 Å². The summed E-state index contributed by atoms with van der Waals surface area (Å²) in [5.41, 5.74) is 1.64. The van der Waals surface area contributed by atoms with E-state index in [1.54, 1.807) is 22.6 Å². The van der Waals surface area contributed by atoms with Crippen molar-refractivity contribution in [2.24, 2.45) is 7.05 Å². The van der Waals surface area contributed by atoms with Gasteiger partial charge in [-0.3, -0.25) is 4.68 Å². The summed E-state index contributed by atoms with van der Waals surface area (Å²) in [5, 5.41) is 18.5. The molecule has 0 saturated carbocycles. The van der Waals surface area contributed by atoms with E-state index in [0.717, 1.165) is 16.6 Å². The van der Waals surface area contributed by atoms with Gasteiger partial charge in [0.2, 0.25) is 0 Å². The van der Waals surface area contributed by atoms with E-state index in [9.17, 15) is 5.11 Å². The second kappa shape index (κ2) is 6.33. The van der Waals surface area contributed by atoms with Gasteiger partial charge < -0.3 is 10.4 Å². The van der Waals surface area contributed by atoms with E-state index in [4.69, 9.17) is 0 Å². The molecule has 1 atom stereocenters. The maximum Gasteiger partial charge on any atom is 0.163 e. The number of nitrogens with zero attached hydrogens (tertiary/aromatic N) is 4. The van der Waals surface area contributed by atoms with Crippen molar-refractivity contribution in [3.63, 3.8) is 0 Å². The molecule has 0 spiro atoms. The van der Waals surface area contributed by atoms with Crippen LogP contribution in [0.5, 0.6) is 0 Å². The summed E-state index contributed by atoms with van der Waals surface area (Å²) in [5.74, 6) is 0.679. The molecule has 0 radical (unpaired) electrons. The van der Waals surface area contributed by atoms with Crippen LogP contribution in [-0.2, 0) is 7.05 Å². The lowest BCUT2D eigenvalue weighted by atomic mass is 10.1. The van der Waals surface area contributed by atoms with Crippen LogP contribution in [0.1, 0.15) is 11.7 Å². The summed E-state index contributed by atoms with van der Waals surface area (Å²) < 4.78 is 1.69. The maximum atomic E-state index is 10.3. The Hall–Kier alpha value is -2.12. The Morgan fingerprint density at radius 2 is 2.05 bits per heavy atom. The number of nitrogens with one attached hydrogen (secondary N) is 1. The highest BCUT2D eigenvalue weighted by Gasteiger charge is 2.11. The van der Waals surface area contributed by atoms with E-state index in [1.807, 2.05) is 37.6 Å². The second-order valence-corrected chi connectivity index (χ2v) is 5.78. The molecule has 7 heteroatoms. The number of benzene rings is 1. The van der Waals surface area contributed by atoms with Crippen LogP contribution in [0.2, 0.25) is 0 Å². The fourth-order valence-electron chi connectivity index (χ4n) is 2.24. The molecule has 0 saturated heterocycles. The largest absolute Gasteiger partial charge is 0.387 e. The Labute approximate surface area is 132 Å². The number of aliphatic hydroxyl groups is 1. The van der Waals surface area contributed by atoms with Crippen molar-refractivity contribution in [1.82, 2.24) is 19.7 Å². The highest BCUT2D eigenvalue weighted by Crippen LogP contribution is 2.21. The molecule has 2 aromatic heterocycles. The second-order valence-electron chi connectivity index (χ2n) is 4.90. The van der Waals surface area contributed by atoms with Gasteiger partial charge in [-0.05, 0) is 24.0 Å². The van der Waals surface area contributed by atoms with E-state index in [2.05, 4.69) is 20.4 Å². The molecule has 0 aliphatic rings. The first-order chi connectivity index (χ1) is 10.7. The maximum absolute atomic E-state index is 10.3. The molecule has 0 fully saturated rings. The smallest absolute Gasteiger partial charge is 0.163 e. The average molecular weight is 315 g/mol. The van der Waals surface area contributed by atoms with Crippen LogP contribution in [0.25, 0.3) is 11.0 Å². The number of aromatic nitrogens is 4. The molecule has 0 aliphatic heterocycles. The molecule has 22 heavy (non-hydrogen) atoms. The van der Waals surface area contributed by atoms with Gasteiger partial charge in [0.1, 0.15) is 12.1 Å². The molecular formula is C15H17N5OS. The lowest BCUT2D eigenvalue weighted by Gasteiger charge is -2.13. The highest BCUT2D eigenvalue weighted by atomic mass is 32.2. The fourth-order valence-corrected chi connectivity index (χ4v) is 2.65. The van der Waals surface area contributed by atoms with Crippen LogP contribution >= 0.6 is 11.8 Å². The predicted molar refractivity (Wildman–Crippen MR) is 88.0 cm³/mol. The van der Waals surface area contributed by atoms with Gasteiger partial charge in [-0.25, -0.2) is 9.97 Å². The Morgan fingerprint density at radius 1 is 1.27 bits per heavy atom. The monoisotopic (exact) mass is 315 g/mol. The number of anilines is 1. The Kier molecular flexibility index (Phi) is 4.26. The summed E-state index contributed by atoms with van der Waals surface area (Å²) in [6.45, 7) is 0.375. The van der Waals surface area contributed by atoms with Crippen LogP contribution in [0, 0.1) is 0 Å². The van der Waals surface area contributed by atoms with Gasteiger partial charge in [-0.15, -0.1) is 11.8 Å². The molecule has 0 aliphatic carbocycles. The SMILES string of the molecule is CSc1ccc(C(O)CNc2ncnc3c2cnn3C)cc1. The van der Waals surface area contributed by atoms with Gasteiger partial charge in [0.15, 0.2) is 5.65 Å². The Balaban J connectivity index is 1.72. The zero-order valence-electron chi connectivity index (χ0n) is 12.4. The summed E-state index contributed by atoms with van der Waals surface area (Å²) in [6, 6.07) is 7.90. The zero-order valence-corrected chi connectivity index (χ0v) is 13.2. The van der Waals surface area contributed by atoms with E-state index in [1.165, 1.54) is 11.2 Å². The fraction of sp³-hybridized carbons (Fsp3) is 0.267. The molecule has 2 heterocycles. The number of aryl methyl sites for hydroxylation is 1. The van der Waals surface area contributed by atoms with Crippen molar-refractivity contribution < 1.29 is 5.11 Å². The molecule has 2 N–H and O–H groups in total. The van der Waals surface area contributed by atoms with Crippen molar-refractivity contribution in [2.45, 2.75) is 11.0 Å². The van der Waals surface area contributed by atoms with Gasteiger partial charge >= 0.3 is 0 Å². The van der Waals surface area contributed by atoms with Crippen LogP contribution < -0.4 is 5.32 Å². The van der Waals surface area contributed by atoms with Crippen LogP contribution in [0.3, 0.4) is 0 Å². The number of rotatable bonds is 5. The van der Waals surface area contributed by atoms with Gasteiger partial charge in [0.25, 0.3) is 0 Å². The first-order valence-electron chi connectivity index (χ1n) is 6.87. The topological polar surface area (TPSA) is 75.9 Å². The first kappa shape index (κ1) is 14.8. The van der Waals surface area contributed by atoms with Gasteiger partial charge in [0, 0.05) is 18.5 Å². The first-order valence-corrected chi connectivity index (χ1v) is 8.10. The number of aliphatic hydroxyl groups excluding tert-OH is 1. The third kappa shape index (κ3) is 2.90. The normalized spacial score (nSPS) is 12.5. The molecule has 114 valence electrons. The minimum absolute atomic E-state index is 0.375. The lowest BCUT2D eigenvalue weighted by Crippen LogP contribution is -2.13. The Morgan fingerprint density at radius 3 is 2.77 bits per heavy atom. The molecule has 3 rings (SSSR count). The zero-order chi connectivity index (χ0) is 15.5. The standard InChI is InChI=1S/C15H17N5OS/c1-20-15-12(7-19-20)14(17-9-18-15)16-8-13(21)10-3-5-11(22-2)6-4-10/h3-7,9,13,21H,8H2,1-2H3,(H,16,17,18). The Bertz CT molecular complexity index is 771. The van der Waals surface area contributed by atoms with Crippen molar-refractivity contribution in [1.29, 1.82) is 0 Å². The summed E-state index contributed by atoms with van der Waals surface area (Å²) in [6.07, 6.45) is 4.64. The number of thioether (sulfide) groups is 1. The number of hydrogen-bond acceptors (Lipinski definition) is 6. The summed E-state index contributed by atoms with van der Waals surface area (Å²) >= 11 is 1.68. The molecular weight excluding hydrogens is 298 g/mol. The van der Waals surface area contributed by atoms with E-state index in [-0.39, 0.29) is 0 Å². The highest BCUT2D eigenvalue weighted by molar-refractivity contribution is 7.98. The average Bonchev–Trinajstić information content (AvgIpc) is 2.95. The van der Waals surface area contributed by atoms with Gasteiger partial charge in [-0.1, -0.05) is 12.1 Å². The number of hydrogen-bond donors (Lipinski definition) is 2. The molecule has 3 aromatic rings. The van der Waals surface area contributed by atoms with Crippen molar-refractivity contribution in [2.75, 3.05) is 18.1 Å². The van der Waals surface area contributed by atoms with Crippen LogP contribution in [0.4, 0.5) is 5.82 Å².